The highest BCUT2D eigenvalue weighted by Crippen LogP contribution is 2.16. The number of aromatic nitrogens is 1. The molecular formula is C13H20N2O2. The maximum Gasteiger partial charge on any atom is 0.226 e. The van der Waals surface area contributed by atoms with Crippen LogP contribution in [0.5, 0.6) is 5.88 Å². The van der Waals surface area contributed by atoms with Crippen molar-refractivity contribution in [2.24, 2.45) is 5.92 Å². The Balaban J connectivity index is 2.61. The topological polar surface area (TPSA) is 42.4 Å². The van der Waals surface area contributed by atoms with Crippen molar-refractivity contribution < 1.29 is 9.53 Å². The first kappa shape index (κ1) is 13.5. The lowest BCUT2D eigenvalue weighted by Crippen LogP contribution is -2.26. The van der Waals surface area contributed by atoms with Gasteiger partial charge in [0.2, 0.25) is 11.8 Å². The largest absolute Gasteiger partial charge is 0.481 e. The van der Waals surface area contributed by atoms with E-state index in [1.54, 1.807) is 31.3 Å². The number of hydrogen-bond acceptors (Lipinski definition) is 3. The second-order valence-electron chi connectivity index (χ2n) is 4.44. The summed E-state index contributed by atoms with van der Waals surface area (Å²) in [6.45, 7) is 4.23. The molecule has 0 atom stereocenters. The molecule has 1 heterocycles. The fraction of sp³-hybridized carbons (Fsp3) is 0.538. The smallest absolute Gasteiger partial charge is 0.226 e. The van der Waals surface area contributed by atoms with E-state index in [0.29, 0.717) is 18.2 Å². The molecule has 0 N–H and O–H groups in total. The molecule has 0 radical (unpaired) electrons. The fourth-order valence-corrected chi connectivity index (χ4v) is 1.42. The molecule has 0 unspecified atom stereocenters. The summed E-state index contributed by atoms with van der Waals surface area (Å²) < 4.78 is 4.97. The molecule has 0 aliphatic heterocycles. The average molecular weight is 236 g/mol. The molecular weight excluding hydrogens is 216 g/mol. The Hall–Kier alpha value is -1.58. The third-order valence-electron chi connectivity index (χ3n) is 2.63. The molecule has 0 spiro atoms. The molecule has 94 valence electrons. The van der Waals surface area contributed by atoms with Gasteiger partial charge in [0.05, 0.1) is 19.0 Å². The summed E-state index contributed by atoms with van der Waals surface area (Å²) >= 11 is 0. The van der Waals surface area contributed by atoms with Gasteiger partial charge in [0.25, 0.3) is 0 Å². The minimum atomic E-state index is 0.116. The Bertz CT molecular complexity index is 360. The van der Waals surface area contributed by atoms with E-state index in [4.69, 9.17) is 4.74 Å². The Kier molecular flexibility index (Phi) is 4.94. The number of carbonyl (C=O) groups excluding carboxylic acids is 1. The molecule has 4 nitrogen and oxygen atoms in total. The molecule has 1 amide bonds. The maximum atomic E-state index is 11.9. The third-order valence-corrected chi connectivity index (χ3v) is 2.63. The van der Waals surface area contributed by atoms with Gasteiger partial charge >= 0.3 is 0 Å². The number of methoxy groups -OCH3 is 1. The molecule has 4 heteroatoms. The van der Waals surface area contributed by atoms with E-state index in [2.05, 4.69) is 18.8 Å². The van der Waals surface area contributed by atoms with Crippen LogP contribution in [0.1, 0.15) is 26.7 Å². The van der Waals surface area contributed by atoms with Crippen molar-refractivity contribution in [3.63, 3.8) is 0 Å². The number of anilines is 1. The standard InChI is InChI=1S/C13H20N2O2/c1-10(2)5-8-13(16)15(3)11-6-7-12(17-4)14-9-11/h6-7,9-10H,5,8H2,1-4H3. The number of hydrogen-bond donors (Lipinski definition) is 0. The molecule has 0 saturated heterocycles. The van der Waals surface area contributed by atoms with Gasteiger partial charge in [-0.15, -0.1) is 0 Å². The predicted octanol–water partition coefficient (Wildman–Crippen LogP) is 2.49. The predicted molar refractivity (Wildman–Crippen MR) is 68.3 cm³/mol. The van der Waals surface area contributed by atoms with E-state index >= 15 is 0 Å². The number of nitrogens with zero attached hydrogens (tertiary/aromatic N) is 2. The highest BCUT2D eigenvalue weighted by atomic mass is 16.5. The molecule has 1 rings (SSSR count). The van der Waals surface area contributed by atoms with Crippen LogP contribution in [-0.4, -0.2) is 25.0 Å². The fourth-order valence-electron chi connectivity index (χ4n) is 1.42. The van der Waals surface area contributed by atoms with E-state index < -0.39 is 0 Å². The number of pyridine rings is 1. The summed E-state index contributed by atoms with van der Waals surface area (Å²) in [6, 6.07) is 3.58. The Morgan fingerprint density at radius 1 is 1.47 bits per heavy atom. The van der Waals surface area contributed by atoms with Crippen LogP contribution in [0.3, 0.4) is 0 Å². The lowest BCUT2D eigenvalue weighted by molar-refractivity contribution is -0.118. The highest BCUT2D eigenvalue weighted by Gasteiger charge is 2.11. The first-order valence-electron chi connectivity index (χ1n) is 5.81. The summed E-state index contributed by atoms with van der Waals surface area (Å²) in [6.07, 6.45) is 3.12. The van der Waals surface area contributed by atoms with E-state index in [9.17, 15) is 4.79 Å². The van der Waals surface area contributed by atoms with Crippen molar-refractivity contribution in [2.75, 3.05) is 19.1 Å². The van der Waals surface area contributed by atoms with E-state index in [0.717, 1.165) is 12.1 Å². The quantitative estimate of drug-likeness (QED) is 0.788. The number of carbonyl (C=O) groups is 1. The SMILES string of the molecule is COc1ccc(N(C)C(=O)CCC(C)C)cn1. The van der Waals surface area contributed by atoms with E-state index in [1.807, 2.05) is 6.07 Å². The van der Waals surface area contributed by atoms with Crippen LogP contribution < -0.4 is 9.64 Å². The average Bonchev–Trinajstić information content (AvgIpc) is 2.35. The van der Waals surface area contributed by atoms with Crippen LogP contribution in [0.2, 0.25) is 0 Å². The summed E-state index contributed by atoms with van der Waals surface area (Å²) in [5.41, 5.74) is 0.791. The third kappa shape index (κ3) is 4.06. The highest BCUT2D eigenvalue weighted by molar-refractivity contribution is 5.92. The van der Waals surface area contributed by atoms with Gasteiger partial charge < -0.3 is 9.64 Å². The number of ether oxygens (including phenoxy) is 1. The second kappa shape index (κ2) is 6.23. The minimum absolute atomic E-state index is 0.116. The first-order valence-corrected chi connectivity index (χ1v) is 5.81. The lowest BCUT2D eigenvalue weighted by atomic mass is 10.1. The number of rotatable bonds is 5. The normalized spacial score (nSPS) is 10.4. The van der Waals surface area contributed by atoms with Crippen molar-refractivity contribution in [3.05, 3.63) is 18.3 Å². The molecule has 0 aromatic carbocycles. The van der Waals surface area contributed by atoms with Crippen molar-refractivity contribution in [1.82, 2.24) is 4.98 Å². The van der Waals surface area contributed by atoms with Crippen molar-refractivity contribution in [3.8, 4) is 5.88 Å². The summed E-state index contributed by atoms with van der Waals surface area (Å²) in [7, 11) is 3.34. The van der Waals surface area contributed by atoms with Crippen LogP contribution in [0, 0.1) is 5.92 Å². The van der Waals surface area contributed by atoms with Crippen molar-refractivity contribution >= 4 is 11.6 Å². The van der Waals surface area contributed by atoms with Crippen LogP contribution in [-0.2, 0) is 4.79 Å². The van der Waals surface area contributed by atoms with Gasteiger partial charge in [-0.2, -0.15) is 0 Å². The summed E-state index contributed by atoms with van der Waals surface area (Å²) in [5.74, 6) is 1.21. The van der Waals surface area contributed by atoms with Crippen LogP contribution in [0.15, 0.2) is 18.3 Å². The lowest BCUT2D eigenvalue weighted by Gasteiger charge is -2.17. The molecule has 1 aromatic heterocycles. The Labute approximate surface area is 103 Å². The van der Waals surface area contributed by atoms with Crippen LogP contribution in [0.4, 0.5) is 5.69 Å². The zero-order valence-electron chi connectivity index (χ0n) is 10.9. The molecule has 0 aliphatic carbocycles. The monoisotopic (exact) mass is 236 g/mol. The molecule has 0 aliphatic rings. The van der Waals surface area contributed by atoms with Gasteiger partial charge in [-0.05, 0) is 18.4 Å². The van der Waals surface area contributed by atoms with Gasteiger partial charge in [-0.3, -0.25) is 4.79 Å². The molecule has 1 aromatic rings. The van der Waals surface area contributed by atoms with Crippen molar-refractivity contribution in [2.45, 2.75) is 26.7 Å². The second-order valence-corrected chi connectivity index (χ2v) is 4.44. The molecule has 17 heavy (non-hydrogen) atoms. The summed E-state index contributed by atoms with van der Waals surface area (Å²) in [4.78, 5) is 17.6. The van der Waals surface area contributed by atoms with E-state index in [1.165, 1.54) is 0 Å². The Morgan fingerprint density at radius 2 is 2.18 bits per heavy atom. The van der Waals surface area contributed by atoms with Gasteiger partial charge in [0.15, 0.2) is 0 Å². The van der Waals surface area contributed by atoms with E-state index in [-0.39, 0.29) is 5.91 Å². The van der Waals surface area contributed by atoms with Crippen LogP contribution >= 0.6 is 0 Å². The van der Waals surface area contributed by atoms with Crippen LogP contribution in [0.25, 0.3) is 0 Å². The minimum Gasteiger partial charge on any atom is -0.481 e. The van der Waals surface area contributed by atoms with Crippen molar-refractivity contribution in [1.29, 1.82) is 0 Å². The maximum absolute atomic E-state index is 11.9. The molecule has 0 saturated carbocycles. The zero-order valence-corrected chi connectivity index (χ0v) is 10.9. The van der Waals surface area contributed by atoms with Gasteiger partial charge in [-0.1, -0.05) is 13.8 Å². The van der Waals surface area contributed by atoms with Gasteiger partial charge in [-0.25, -0.2) is 4.98 Å². The zero-order chi connectivity index (χ0) is 12.8. The first-order chi connectivity index (χ1) is 8.04. The van der Waals surface area contributed by atoms with Gasteiger partial charge in [0, 0.05) is 19.5 Å². The number of amides is 1. The van der Waals surface area contributed by atoms with Gasteiger partial charge in [0.1, 0.15) is 0 Å². The Morgan fingerprint density at radius 3 is 2.65 bits per heavy atom. The summed E-state index contributed by atoms with van der Waals surface area (Å²) in [5, 5.41) is 0. The molecule has 0 fully saturated rings. The molecule has 0 bridgehead atoms.